The van der Waals surface area contributed by atoms with E-state index < -0.39 is 0 Å². The number of thiophene rings is 2. The van der Waals surface area contributed by atoms with E-state index in [0.29, 0.717) is 6.04 Å². The summed E-state index contributed by atoms with van der Waals surface area (Å²) >= 11 is 3.58. The highest BCUT2D eigenvalue weighted by molar-refractivity contribution is 7.14. The lowest BCUT2D eigenvalue weighted by Crippen LogP contribution is -2.24. The SMILES string of the molecule is C#CCC(C)NCc1cc(-c2cccs2)cs1. The average Bonchev–Trinajstić information content (AvgIpc) is 2.97. The van der Waals surface area contributed by atoms with E-state index in [4.69, 9.17) is 6.42 Å². The van der Waals surface area contributed by atoms with Crippen LogP contribution in [-0.4, -0.2) is 6.04 Å². The van der Waals surface area contributed by atoms with Crippen molar-refractivity contribution >= 4 is 22.7 Å². The second kappa shape index (κ2) is 6.02. The highest BCUT2D eigenvalue weighted by Gasteiger charge is 2.04. The van der Waals surface area contributed by atoms with Crippen LogP contribution in [0.15, 0.2) is 29.0 Å². The van der Waals surface area contributed by atoms with Gasteiger partial charge in [0.05, 0.1) is 0 Å². The molecule has 1 unspecified atom stereocenters. The van der Waals surface area contributed by atoms with Gasteiger partial charge in [0.1, 0.15) is 0 Å². The monoisotopic (exact) mass is 261 g/mol. The lowest BCUT2D eigenvalue weighted by molar-refractivity contribution is 0.563. The van der Waals surface area contributed by atoms with Crippen molar-refractivity contribution in [1.29, 1.82) is 0 Å². The van der Waals surface area contributed by atoms with Crippen molar-refractivity contribution in [3.05, 3.63) is 33.8 Å². The molecule has 3 heteroatoms. The van der Waals surface area contributed by atoms with Crippen LogP contribution in [0.1, 0.15) is 18.2 Å². The average molecular weight is 261 g/mol. The molecule has 1 atom stereocenters. The second-order valence-electron chi connectivity index (χ2n) is 3.97. The summed E-state index contributed by atoms with van der Waals surface area (Å²) in [5.41, 5.74) is 1.33. The molecule has 0 aliphatic carbocycles. The molecule has 0 amide bonds. The maximum Gasteiger partial charge on any atom is 0.0351 e. The standard InChI is InChI=1S/C14H15NS2/c1-3-5-11(2)15-9-13-8-12(10-17-13)14-6-4-7-16-14/h1,4,6-8,10-11,15H,5,9H2,2H3. The molecule has 0 saturated carbocycles. The Balaban J connectivity index is 1.93. The molecule has 17 heavy (non-hydrogen) atoms. The Morgan fingerprint density at radius 3 is 3.06 bits per heavy atom. The molecule has 88 valence electrons. The molecule has 2 rings (SSSR count). The number of hydrogen-bond donors (Lipinski definition) is 1. The van der Waals surface area contributed by atoms with E-state index in [-0.39, 0.29) is 0 Å². The number of terminal acetylenes is 1. The van der Waals surface area contributed by atoms with Gasteiger partial charge in [-0.15, -0.1) is 35.0 Å². The van der Waals surface area contributed by atoms with Crippen LogP contribution in [0, 0.1) is 12.3 Å². The van der Waals surface area contributed by atoms with Gasteiger partial charge < -0.3 is 5.32 Å². The Bertz CT molecular complexity index is 491. The van der Waals surface area contributed by atoms with E-state index in [1.165, 1.54) is 15.3 Å². The van der Waals surface area contributed by atoms with E-state index in [0.717, 1.165) is 13.0 Å². The smallest absolute Gasteiger partial charge is 0.0351 e. The van der Waals surface area contributed by atoms with Gasteiger partial charge in [0.15, 0.2) is 0 Å². The lowest BCUT2D eigenvalue weighted by atomic mass is 10.2. The van der Waals surface area contributed by atoms with Crippen molar-refractivity contribution in [2.45, 2.75) is 25.9 Å². The van der Waals surface area contributed by atoms with Gasteiger partial charge in [0, 0.05) is 34.3 Å². The zero-order valence-corrected chi connectivity index (χ0v) is 11.4. The fourth-order valence-corrected chi connectivity index (χ4v) is 3.19. The number of rotatable bonds is 5. The quantitative estimate of drug-likeness (QED) is 0.803. The summed E-state index contributed by atoms with van der Waals surface area (Å²) in [5.74, 6) is 2.67. The van der Waals surface area contributed by atoms with Crippen molar-refractivity contribution in [1.82, 2.24) is 5.32 Å². The maximum absolute atomic E-state index is 5.28. The van der Waals surface area contributed by atoms with Crippen LogP contribution in [0.4, 0.5) is 0 Å². The minimum Gasteiger partial charge on any atom is -0.308 e. The third kappa shape index (κ3) is 3.44. The van der Waals surface area contributed by atoms with Crippen molar-refractivity contribution in [2.24, 2.45) is 0 Å². The molecule has 2 aromatic heterocycles. The maximum atomic E-state index is 5.28. The molecule has 0 aliphatic heterocycles. The first kappa shape index (κ1) is 12.4. The second-order valence-corrected chi connectivity index (χ2v) is 5.91. The Hall–Kier alpha value is -1.08. The van der Waals surface area contributed by atoms with Gasteiger partial charge >= 0.3 is 0 Å². The van der Waals surface area contributed by atoms with Crippen molar-refractivity contribution < 1.29 is 0 Å². The first-order chi connectivity index (χ1) is 8.29. The first-order valence-corrected chi connectivity index (χ1v) is 7.33. The third-order valence-electron chi connectivity index (χ3n) is 2.51. The fourth-order valence-electron chi connectivity index (χ4n) is 1.57. The van der Waals surface area contributed by atoms with E-state index in [1.54, 1.807) is 22.7 Å². The molecule has 2 heterocycles. The molecule has 2 aromatic rings. The Labute approximate surface area is 111 Å². The molecule has 0 aromatic carbocycles. The van der Waals surface area contributed by atoms with Crippen molar-refractivity contribution in [2.75, 3.05) is 0 Å². The largest absolute Gasteiger partial charge is 0.308 e. The van der Waals surface area contributed by atoms with E-state index >= 15 is 0 Å². The zero-order valence-electron chi connectivity index (χ0n) is 9.77. The molecule has 0 saturated heterocycles. The molecule has 0 radical (unpaired) electrons. The van der Waals surface area contributed by atoms with Gasteiger partial charge in [-0.25, -0.2) is 0 Å². The van der Waals surface area contributed by atoms with Crippen molar-refractivity contribution in [3.8, 4) is 22.8 Å². The molecule has 1 nitrogen and oxygen atoms in total. The Kier molecular flexibility index (Phi) is 4.38. The van der Waals surface area contributed by atoms with E-state index in [9.17, 15) is 0 Å². The van der Waals surface area contributed by atoms with Gasteiger partial charge in [0.2, 0.25) is 0 Å². The summed E-state index contributed by atoms with van der Waals surface area (Å²) in [6.45, 7) is 3.02. The molecular formula is C14H15NS2. The fraction of sp³-hybridized carbons (Fsp3) is 0.286. The van der Waals surface area contributed by atoms with Gasteiger partial charge in [-0.3, -0.25) is 0 Å². The van der Waals surface area contributed by atoms with Gasteiger partial charge in [0.25, 0.3) is 0 Å². The summed E-state index contributed by atoms with van der Waals surface area (Å²) in [4.78, 5) is 2.70. The van der Waals surface area contributed by atoms with Gasteiger partial charge in [-0.1, -0.05) is 6.07 Å². The summed E-state index contributed by atoms with van der Waals surface area (Å²) in [6, 6.07) is 6.88. The summed E-state index contributed by atoms with van der Waals surface area (Å²) in [6.07, 6.45) is 6.06. The molecule has 1 N–H and O–H groups in total. The number of nitrogens with one attached hydrogen (secondary N) is 1. The van der Waals surface area contributed by atoms with Crippen LogP contribution in [0.5, 0.6) is 0 Å². The van der Waals surface area contributed by atoms with E-state index in [1.807, 2.05) is 0 Å². The minimum atomic E-state index is 0.382. The molecule has 0 bridgehead atoms. The highest BCUT2D eigenvalue weighted by Crippen LogP contribution is 2.29. The van der Waals surface area contributed by atoms with Gasteiger partial charge in [-0.05, 0) is 29.8 Å². The molecular weight excluding hydrogens is 246 g/mol. The minimum absolute atomic E-state index is 0.382. The first-order valence-electron chi connectivity index (χ1n) is 5.57. The van der Waals surface area contributed by atoms with Crippen LogP contribution in [0.3, 0.4) is 0 Å². The predicted molar refractivity (Wildman–Crippen MR) is 77.4 cm³/mol. The predicted octanol–water partition coefficient (Wildman–Crippen LogP) is 3.98. The Morgan fingerprint density at radius 1 is 1.47 bits per heavy atom. The molecule has 0 aliphatic rings. The summed E-state index contributed by atoms with van der Waals surface area (Å²) in [5, 5.41) is 7.76. The topological polar surface area (TPSA) is 12.0 Å². The van der Waals surface area contributed by atoms with Crippen molar-refractivity contribution in [3.63, 3.8) is 0 Å². The Morgan fingerprint density at radius 2 is 2.35 bits per heavy atom. The third-order valence-corrected chi connectivity index (χ3v) is 4.36. The van der Waals surface area contributed by atoms with E-state index in [2.05, 4.69) is 47.1 Å². The van der Waals surface area contributed by atoms with Crippen LogP contribution in [0.2, 0.25) is 0 Å². The van der Waals surface area contributed by atoms with Crippen LogP contribution < -0.4 is 5.32 Å². The normalized spacial score (nSPS) is 12.2. The molecule has 0 fully saturated rings. The lowest BCUT2D eigenvalue weighted by Gasteiger charge is -2.08. The summed E-state index contributed by atoms with van der Waals surface area (Å²) < 4.78 is 0. The van der Waals surface area contributed by atoms with Crippen LogP contribution in [0.25, 0.3) is 10.4 Å². The van der Waals surface area contributed by atoms with Crippen LogP contribution in [-0.2, 0) is 6.54 Å². The summed E-state index contributed by atoms with van der Waals surface area (Å²) in [7, 11) is 0. The highest BCUT2D eigenvalue weighted by atomic mass is 32.1. The van der Waals surface area contributed by atoms with Gasteiger partial charge in [-0.2, -0.15) is 0 Å². The zero-order chi connectivity index (χ0) is 12.1. The van der Waals surface area contributed by atoms with Crippen LogP contribution >= 0.6 is 22.7 Å². The molecule has 0 spiro atoms. The number of hydrogen-bond acceptors (Lipinski definition) is 3.